The molecule has 0 aliphatic rings. The molecule has 0 fully saturated rings. The summed E-state index contributed by atoms with van der Waals surface area (Å²) in [4.78, 5) is 0. The van der Waals surface area contributed by atoms with Gasteiger partial charge < -0.3 is 5.32 Å². The Kier molecular flexibility index (Phi) is 5.53. The first-order valence-corrected chi connectivity index (χ1v) is 6.11. The van der Waals surface area contributed by atoms with Gasteiger partial charge in [-0.2, -0.15) is 0 Å². The predicted molar refractivity (Wildman–Crippen MR) is 67.6 cm³/mol. The van der Waals surface area contributed by atoms with Gasteiger partial charge in [-0.15, -0.1) is 11.6 Å². The van der Waals surface area contributed by atoms with Crippen molar-refractivity contribution in [2.75, 3.05) is 6.54 Å². The van der Waals surface area contributed by atoms with Crippen LogP contribution in [0.4, 0.5) is 4.39 Å². The fourth-order valence-corrected chi connectivity index (χ4v) is 1.57. The SMILES string of the molecule is CC(C)C(Cl)CNCc1cccc(Cl)c1F. The molecule has 0 saturated carbocycles. The molecule has 4 heteroatoms. The molecule has 16 heavy (non-hydrogen) atoms. The number of nitrogens with one attached hydrogen (secondary N) is 1. The van der Waals surface area contributed by atoms with Crippen LogP contribution in [0.3, 0.4) is 0 Å². The molecule has 1 rings (SSSR count). The normalized spacial score (nSPS) is 13.1. The van der Waals surface area contributed by atoms with Crippen LogP contribution in [0, 0.1) is 11.7 Å². The highest BCUT2D eigenvalue weighted by Crippen LogP contribution is 2.17. The number of hydrogen-bond donors (Lipinski definition) is 1. The Labute approximate surface area is 106 Å². The van der Waals surface area contributed by atoms with Gasteiger partial charge in [0.1, 0.15) is 5.82 Å². The minimum absolute atomic E-state index is 0.0576. The van der Waals surface area contributed by atoms with Crippen molar-refractivity contribution in [1.29, 1.82) is 0 Å². The lowest BCUT2D eigenvalue weighted by Gasteiger charge is -2.14. The van der Waals surface area contributed by atoms with E-state index < -0.39 is 0 Å². The molecule has 1 aromatic carbocycles. The van der Waals surface area contributed by atoms with Crippen LogP contribution < -0.4 is 5.32 Å². The second kappa shape index (κ2) is 6.43. The van der Waals surface area contributed by atoms with E-state index in [-0.39, 0.29) is 16.2 Å². The summed E-state index contributed by atoms with van der Waals surface area (Å²) in [7, 11) is 0. The fraction of sp³-hybridized carbons (Fsp3) is 0.500. The van der Waals surface area contributed by atoms with Crippen molar-refractivity contribution < 1.29 is 4.39 Å². The van der Waals surface area contributed by atoms with Gasteiger partial charge in [0, 0.05) is 24.0 Å². The maximum absolute atomic E-state index is 13.5. The molecule has 0 aliphatic heterocycles. The lowest BCUT2D eigenvalue weighted by atomic mass is 10.1. The summed E-state index contributed by atoms with van der Waals surface area (Å²) in [6.07, 6.45) is 0. The van der Waals surface area contributed by atoms with Gasteiger partial charge in [-0.05, 0) is 12.0 Å². The fourth-order valence-electron chi connectivity index (χ4n) is 1.27. The van der Waals surface area contributed by atoms with E-state index in [1.165, 1.54) is 0 Å². The first kappa shape index (κ1) is 13.8. The Morgan fingerprint density at radius 2 is 2.06 bits per heavy atom. The highest BCUT2D eigenvalue weighted by molar-refractivity contribution is 6.30. The van der Waals surface area contributed by atoms with Gasteiger partial charge in [0.25, 0.3) is 0 Å². The standard InChI is InChI=1S/C12H16Cl2FN/c1-8(2)11(14)7-16-6-9-4-3-5-10(13)12(9)15/h3-5,8,11,16H,6-7H2,1-2H3. The maximum atomic E-state index is 13.5. The Bertz CT molecular complexity index is 342. The number of alkyl halides is 1. The zero-order chi connectivity index (χ0) is 12.1. The Balaban J connectivity index is 2.46. The highest BCUT2D eigenvalue weighted by Gasteiger charge is 2.10. The third-order valence-electron chi connectivity index (χ3n) is 2.41. The number of halogens is 3. The van der Waals surface area contributed by atoms with E-state index in [2.05, 4.69) is 19.2 Å². The lowest BCUT2D eigenvalue weighted by molar-refractivity contribution is 0.534. The van der Waals surface area contributed by atoms with Crippen LogP contribution in [0.2, 0.25) is 5.02 Å². The summed E-state index contributed by atoms with van der Waals surface area (Å²) in [6.45, 7) is 5.21. The van der Waals surface area contributed by atoms with Crippen LogP contribution in [0.25, 0.3) is 0 Å². The average Bonchev–Trinajstić information content (AvgIpc) is 2.24. The first-order chi connectivity index (χ1) is 7.52. The van der Waals surface area contributed by atoms with Crippen molar-refractivity contribution in [1.82, 2.24) is 5.32 Å². The minimum Gasteiger partial charge on any atom is -0.311 e. The molecule has 0 radical (unpaired) electrons. The van der Waals surface area contributed by atoms with Crippen LogP contribution in [0.1, 0.15) is 19.4 Å². The van der Waals surface area contributed by atoms with Crippen LogP contribution in [-0.4, -0.2) is 11.9 Å². The van der Waals surface area contributed by atoms with Crippen LogP contribution in [0.5, 0.6) is 0 Å². The molecule has 1 unspecified atom stereocenters. The molecule has 0 aromatic heterocycles. The van der Waals surface area contributed by atoms with Crippen LogP contribution in [0.15, 0.2) is 18.2 Å². The van der Waals surface area contributed by atoms with Crippen molar-refractivity contribution in [2.45, 2.75) is 25.8 Å². The highest BCUT2D eigenvalue weighted by atomic mass is 35.5. The van der Waals surface area contributed by atoms with Crippen molar-refractivity contribution >= 4 is 23.2 Å². The molecule has 0 saturated heterocycles. The van der Waals surface area contributed by atoms with Gasteiger partial charge >= 0.3 is 0 Å². The number of rotatable bonds is 5. The molecule has 1 aromatic rings. The van der Waals surface area contributed by atoms with E-state index in [4.69, 9.17) is 23.2 Å². The van der Waals surface area contributed by atoms with E-state index >= 15 is 0 Å². The predicted octanol–water partition coefficient (Wildman–Crippen LogP) is 3.83. The third kappa shape index (κ3) is 3.93. The Hall–Kier alpha value is -0.310. The van der Waals surface area contributed by atoms with E-state index in [0.717, 1.165) is 0 Å². The molecule has 1 nitrogen and oxygen atoms in total. The molecular weight excluding hydrogens is 248 g/mol. The summed E-state index contributed by atoms with van der Waals surface area (Å²) in [5, 5.41) is 3.34. The Morgan fingerprint density at radius 1 is 1.38 bits per heavy atom. The Morgan fingerprint density at radius 3 is 2.69 bits per heavy atom. The first-order valence-electron chi connectivity index (χ1n) is 5.30. The summed E-state index contributed by atoms with van der Waals surface area (Å²) < 4.78 is 13.5. The van der Waals surface area contributed by atoms with Crippen molar-refractivity contribution in [2.24, 2.45) is 5.92 Å². The monoisotopic (exact) mass is 263 g/mol. The van der Waals surface area contributed by atoms with E-state index in [1.807, 2.05) is 0 Å². The van der Waals surface area contributed by atoms with Gasteiger partial charge in [-0.3, -0.25) is 0 Å². The molecule has 1 N–H and O–H groups in total. The molecule has 0 bridgehead atoms. The average molecular weight is 264 g/mol. The zero-order valence-corrected chi connectivity index (χ0v) is 10.9. The quantitative estimate of drug-likeness (QED) is 0.797. The van der Waals surface area contributed by atoms with Crippen LogP contribution >= 0.6 is 23.2 Å². The number of benzene rings is 1. The van der Waals surface area contributed by atoms with Gasteiger partial charge in [-0.25, -0.2) is 4.39 Å². The van der Waals surface area contributed by atoms with Gasteiger partial charge in [0.05, 0.1) is 5.02 Å². The molecule has 0 aliphatic carbocycles. The minimum atomic E-state index is -0.354. The molecule has 0 heterocycles. The smallest absolute Gasteiger partial charge is 0.146 e. The van der Waals surface area contributed by atoms with Crippen LogP contribution in [-0.2, 0) is 6.54 Å². The zero-order valence-electron chi connectivity index (χ0n) is 9.43. The van der Waals surface area contributed by atoms with E-state index in [9.17, 15) is 4.39 Å². The maximum Gasteiger partial charge on any atom is 0.146 e. The molecular formula is C12H16Cl2FN. The largest absolute Gasteiger partial charge is 0.311 e. The summed E-state index contributed by atoms with van der Waals surface area (Å²) in [5.74, 6) is 0.0470. The van der Waals surface area contributed by atoms with Gasteiger partial charge in [0.2, 0.25) is 0 Å². The van der Waals surface area contributed by atoms with E-state index in [1.54, 1.807) is 18.2 Å². The molecule has 0 amide bonds. The summed E-state index contributed by atoms with van der Waals surface area (Å²) in [6, 6.07) is 4.99. The van der Waals surface area contributed by atoms with Crippen molar-refractivity contribution in [3.63, 3.8) is 0 Å². The number of hydrogen-bond acceptors (Lipinski definition) is 1. The third-order valence-corrected chi connectivity index (χ3v) is 3.36. The van der Waals surface area contributed by atoms with Gasteiger partial charge in [0.15, 0.2) is 0 Å². The lowest BCUT2D eigenvalue weighted by Crippen LogP contribution is -2.26. The second-order valence-electron chi connectivity index (χ2n) is 4.10. The summed E-state index contributed by atoms with van der Waals surface area (Å²) in [5.41, 5.74) is 0.570. The second-order valence-corrected chi connectivity index (χ2v) is 5.07. The van der Waals surface area contributed by atoms with Crippen molar-refractivity contribution in [3.05, 3.63) is 34.6 Å². The topological polar surface area (TPSA) is 12.0 Å². The molecule has 0 spiro atoms. The van der Waals surface area contributed by atoms with Gasteiger partial charge in [-0.1, -0.05) is 37.6 Å². The molecule has 90 valence electrons. The van der Waals surface area contributed by atoms with Crippen molar-refractivity contribution in [3.8, 4) is 0 Å². The molecule has 1 atom stereocenters. The summed E-state index contributed by atoms with van der Waals surface area (Å²) >= 11 is 11.7. The van der Waals surface area contributed by atoms with E-state index in [0.29, 0.717) is 24.6 Å².